The number of pyridine rings is 1. The van der Waals surface area contributed by atoms with Gasteiger partial charge in [0.1, 0.15) is 5.65 Å². The molecule has 1 amide bonds. The fourth-order valence-electron chi connectivity index (χ4n) is 2.79. The standard InChI is InChI=1S/C14H15N5OS/c20-13(11-7-17-12-10(11)2-1-3-16-12)18-14-19-5-4-15-6-9(19)8-21-14/h1-3,7,9,15H,4-6,8H2,(H,16,17)/b18-14-. The van der Waals surface area contributed by atoms with Crippen molar-refractivity contribution in [3.05, 3.63) is 30.1 Å². The molecule has 0 saturated carbocycles. The molecular weight excluding hydrogens is 286 g/mol. The number of fused-ring (bicyclic) bond motifs is 2. The van der Waals surface area contributed by atoms with Crippen LogP contribution in [-0.4, -0.2) is 57.4 Å². The Morgan fingerprint density at radius 1 is 1.52 bits per heavy atom. The third kappa shape index (κ3) is 2.22. The van der Waals surface area contributed by atoms with Crippen molar-refractivity contribution < 1.29 is 4.79 Å². The van der Waals surface area contributed by atoms with Crippen LogP contribution < -0.4 is 5.32 Å². The van der Waals surface area contributed by atoms with Crippen LogP contribution in [0.1, 0.15) is 10.4 Å². The second-order valence-electron chi connectivity index (χ2n) is 5.16. The molecule has 2 saturated heterocycles. The molecule has 0 bridgehead atoms. The summed E-state index contributed by atoms with van der Waals surface area (Å²) in [5.41, 5.74) is 1.31. The van der Waals surface area contributed by atoms with Gasteiger partial charge in [0.05, 0.1) is 11.6 Å². The Morgan fingerprint density at radius 2 is 2.48 bits per heavy atom. The zero-order valence-corrected chi connectivity index (χ0v) is 12.2. The van der Waals surface area contributed by atoms with Crippen LogP contribution in [0.2, 0.25) is 0 Å². The molecule has 21 heavy (non-hydrogen) atoms. The van der Waals surface area contributed by atoms with Crippen LogP contribution in [0.4, 0.5) is 0 Å². The number of nitrogens with one attached hydrogen (secondary N) is 2. The molecule has 7 heteroatoms. The van der Waals surface area contributed by atoms with E-state index in [4.69, 9.17) is 0 Å². The van der Waals surface area contributed by atoms with Gasteiger partial charge >= 0.3 is 0 Å². The zero-order chi connectivity index (χ0) is 14.2. The van der Waals surface area contributed by atoms with Gasteiger partial charge in [0.2, 0.25) is 0 Å². The Morgan fingerprint density at radius 3 is 3.43 bits per heavy atom. The molecule has 108 valence electrons. The van der Waals surface area contributed by atoms with Gasteiger partial charge in [0.25, 0.3) is 5.91 Å². The minimum absolute atomic E-state index is 0.198. The molecule has 0 aliphatic carbocycles. The van der Waals surface area contributed by atoms with E-state index in [0.29, 0.717) is 11.6 Å². The first-order valence-corrected chi connectivity index (χ1v) is 7.97. The maximum absolute atomic E-state index is 12.5. The second kappa shape index (κ2) is 5.16. The monoisotopic (exact) mass is 301 g/mol. The van der Waals surface area contributed by atoms with E-state index in [1.54, 1.807) is 24.2 Å². The fourth-order valence-corrected chi connectivity index (χ4v) is 3.98. The Bertz CT molecular complexity index is 725. The van der Waals surface area contributed by atoms with Crippen molar-refractivity contribution in [3.63, 3.8) is 0 Å². The van der Waals surface area contributed by atoms with Crippen molar-refractivity contribution in [2.75, 3.05) is 25.4 Å². The summed E-state index contributed by atoms with van der Waals surface area (Å²) in [5, 5.41) is 5.05. The minimum atomic E-state index is -0.198. The second-order valence-corrected chi connectivity index (χ2v) is 6.15. The molecular formula is C14H15N5OS. The van der Waals surface area contributed by atoms with E-state index in [9.17, 15) is 4.79 Å². The zero-order valence-electron chi connectivity index (χ0n) is 11.4. The van der Waals surface area contributed by atoms with Crippen molar-refractivity contribution in [1.29, 1.82) is 0 Å². The summed E-state index contributed by atoms with van der Waals surface area (Å²) in [5.74, 6) is 0.796. The Kier molecular flexibility index (Phi) is 3.16. The van der Waals surface area contributed by atoms with E-state index >= 15 is 0 Å². The van der Waals surface area contributed by atoms with Crippen molar-refractivity contribution in [3.8, 4) is 0 Å². The number of hydrogen-bond donors (Lipinski definition) is 2. The molecule has 0 radical (unpaired) electrons. The number of aromatic nitrogens is 2. The number of H-pyrrole nitrogens is 1. The quantitative estimate of drug-likeness (QED) is 0.824. The number of amidine groups is 1. The van der Waals surface area contributed by atoms with Gasteiger partial charge in [0, 0.05) is 43.2 Å². The predicted octanol–water partition coefficient (Wildman–Crippen LogP) is 1.08. The van der Waals surface area contributed by atoms with Crippen LogP contribution >= 0.6 is 11.8 Å². The molecule has 2 fully saturated rings. The Labute approximate surface area is 126 Å². The number of amides is 1. The van der Waals surface area contributed by atoms with Crippen molar-refractivity contribution in [2.24, 2.45) is 4.99 Å². The maximum Gasteiger partial charge on any atom is 0.281 e. The molecule has 2 N–H and O–H groups in total. The molecule has 2 aliphatic heterocycles. The van der Waals surface area contributed by atoms with Gasteiger partial charge in [-0.1, -0.05) is 11.8 Å². The van der Waals surface area contributed by atoms with E-state index in [0.717, 1.165) is 41.6 Å². The third-order valence-corrected chi connectivity index (χ3v) is 5.01. The Balaban J connectivity index is 1.64. The molecule has 2 aromatic rings. The normalized spacial score (nSPS) is 23.7. The third-order valence-electron chi connectivity index (χ3n) is 3.88. The lowest BCUT2D eigenvalue weighted by Gasteiger charge is -2.30. The molecule has 4 rings (SSSR count). The van der Waals surface area contributed by atoms with Gasteiger partial charge in [-0.25, -0.2) is 4.98 Å². The summed E-state index contributed by atoms with van der Waals surface area (Å²) >= 11 is 1.67. The summed E-state index contributed by atoms with van der Waals surface area (Å²) in [7, 11) is 0. The van der Waals surface area contributed by atoms with E-state index < -0.39 is 0 Å². The molecule has 0 spiro atoms. The maximum atomic E-state index is 12.5. The van der Waals surface area contributed by atoms with E-state index in [2.05, 4.69) is 25.2 Å². The smallest absolute Gasteiger partial charge is 0.281 e. The van der Waals surface area contributed by atoms with Crippen LogP contribution in [-0.2, 0) is 0 Å². The van der Waals surface area contributed by atoms with Crippen LogP contribution in [0.3, 0.4) is 0 Å². The lowest BCUT2D eigenvalue weighted by molar-refractivity contribution is 0.100. The number of piperazine rings is 1. The van der Waals surface area contributed by atoms with Crippen molar-refractivity contribution >= 4 is 33.9 Å². The molecule has 2 aromatic heterocycles. The average Bonchev–Trinajstić information content (AvgIpc) is 3.12. The number of rotatable bonds is 1. The molecule has 2 aliphatic rings. The molecule has 6 nitrogen and oxygen atoms in total. The van der Waals surface area contributed by atoms with Gasteiger partial charge < -0.3 is 15.2 Å². The van der Waals surface area contributed by atoms with Crippen LogP contribution in [0, 0.1) is 0 Å². The van der Waals surface area contributed by atoms with E-state index in [1.807, 2.05) is 12.1 Å². The SMILES string of the molecule is O=C(/N=C1\SCC2CNCCN12)c1c[nH]c2ncccc12. The average molecular weight is 301 g/mol. The summed E-state index contributed by atoms with van der Waals surface area (Å²) in [6.45, 7) is 2.83. The van der Waals surface area contributed by atoms with Gasteiger partial charge in [-0.15, -0.1) is 0 Å². The number of aliphatic imine (C=N–C) groups is 1. The van der Waals surface area contributed by atoms with E-state index in [1.165, 1.54) is 0 Å². The largest absolute Gasteiger partial charge is 0.345 e. The molecule has 4 heterocycles. The van der Waals surface area contributed by atoms with Crippen LogP contribution in [0.5, 0.6) is 0 Å². The van der Waals surface area contributed by atoms with Crippen LogP contribution in [0.25, 0.3) is 11.0 Å². The molecule has 0 aromatic carbocycles. The highest BCUT2D eigenvalue weighted by molar-refractivity contribution is 8.14. The summed E-state index contributed by atoms with van der Waals surface area (Å²) < 4.78 is 0. The topological polar surface area (TPSA) is 73.4 Å². The number of carbonyl (C=O) groups is 1. The first-order valence-electron chi connectivity index (χ1n) is 6.98. The molecule has 1 unspecified atom stereocenters. The first kappa shape index (κ1) is 12.8. The number of carbonyl (C=O) groups excluding carboxylic acids is 1. The number of thioether (sulfide) groups is 1. The highest BCUT2D eigenvalue weighted by Gasteiger charge is 2.32. The Hall–Kier alpha value is -1.86. The first-order chi connectivity index (χ1) is 10.3. The minimum Gasteiger partial charge on any atom is -0.345 e. The van der Waals surface area contributed by atoms with E-state index in [-0.39, 0.29) is 5.91 Å². The van der Waals surface area contributed by atoms with Gasteiger partial charge in [0.15, 0.2) is 5.17 Å². The van der Waals surface area contributed by atoms with Gasteiger partial charge in [-0.3, -0.25) is 4.79 Å². The lowest BCUT2D eigenvalue weighted by atomic mass is 10.2. The molecule has 1 atom stereocenters. The van der Waals surface area contributed by atoms with Gasteiger partial charge in [-0.05, 0) is 12.1 Å². The lowest BCUT2D eigenvalue weighted by Crippen LogP contribution is -2.50. The number of hydrogen-bond acceptors (Lipinski definition) is 4. The summed E-state index contributed by atoms with van der Waals surface area (Å²) in [6.07, 6.45) is 3.40. The summed E-state index contributed by atoms with van der Waals surface area (Å²) in [4.78, 5) is 26.3. The van der Waals surface area contributed by atoms with Crippen molar-refractivity contribution in [1.82, 2.24) is 20.2 Å². The van der Waals surface area contributed by atoms with Crippen LogP contribution in [0.15, 0.2) is 29.5 Å². The highest BCUT2D eigenvalue weighted by atomic mass is 32.2. The predicted molar refractivity (Wildman–Crippen MR) is 83.7 cm³/mol. The number of aromatic amines is 1. The number of nitrogens with zero attached hydrogens (tertiary/aromatic N) is 3. The summed E-state index contributed by atoms with van der Waals surface area (Å²) in [6, 6.07) is 4.18. The van der Waals surface area contributed by atoms with Crippen molar-refractivity contribution in [2.45, 2.75) is 6.04 Å². The highest BCUT2D eigenvalue weighted by Crippen LogP contribution is 2.26. The fraction of sp³-hybridized carbons (Fsp3) is 0.357. The van der Waals surface area contributed by atoms with Gasteiger partial charge in [-0.2, -0.15) is 4.99 Å².